The highest BCUT2D eigenvalue weighted by molar-refractivity contribution is 6.06. The Hall–Kier alpha value is -3.10. The van der Waals surface area contributed by atoms with Crippen LogP contribution in [0.4, 0.5) is 10.5 Å². The third kappa shape index (κ3) is 4.50. The van der Waals surface area contributed by atoms with Gasteiger partial charge in [0.05, 0.1) is 19.2 Å². The van der Waals surface area contributed by atoms with Gasteiger partial charge in [-0.05, 0) is 26.0 Å². The second kappa shape index (κ2) is 7.85. The molecular formula is C17H21N3O6. The number of imide groups is 1. The van der Waals surface area contributed by atoms with Gasteiger partial charge in [0.2, 0.25) is 0 Å². The maximum atomic E-state index is 12.0. The number of methoxy groups -OCH3 is 1. The van der Waals surface area contributed by atoms with E-state index in [0.717, 1.165) is 4.90 Å². The van der Waals surface area contributed by atoms with E-state index in [4.69, 9.17) is 9.47 Å². The number of para-hydroxylation sites is 2. The van der Waals surface area contributed by atoms with Crippen molar-refractivity contribution in [1.82, 2.24) is 10.2 Å². The summed E-state index contributed by atoms with van der Waals surface area (Å²) in [5.41, 5.74) is -0.534. The summed E-state index contributed by atoms with van der Waals surface area (Å²) in [5, 5.41) is 5.08. The monoisotopic (exact) mass is 363 g/mol. The van der Waals surface area contributed by atoms with Gasteiger partial charge in [0.15, 0.2) is 6.61 Å². The molecule has 0 atom stereocenters. The quantitative estimate of drug-likeness (QED) is 0.549. The van der Waals surface area contributed by atoms with Crippen LogP contribution in [0, 0.1) is 0 Å². The van der Waals surface area contributed by atoms with E-state index in [1.54, 1.807) is 38.1 Å². The Balaban J connectivity index is 1.77. The topological polar surface area (TPSA) is 114 Å². The third-order valence-electron chi connectivity index (χ3n) is 3.73. The average molecular weight is 363 g/mol. The molecule has 1 aromatic rings. The molecule has 1 aromatic carbocycles. The lowest BCUT2D eigenvalue weighted by Crippen LogP contribution is -2.40. The van der Waals surface area contributed by atoms with Gasteiger partial charge >= 0.3 is 12.0 Å². The minimum atomic E-state index is -0.990. The van der Waals surface area contributed by atoms with E-state index in [-0.39, 0.29) is 13.0 Å². The van der Waals surface area contributed by atoms with Crippen LogP contribution in [0.25, 0.3) is 0 Å². The Labute approximate surface area is 150 Å². The van der Waals surface area contributed by atoms with Crippen LogP contribution in [0.15, 0.2) is 24.3 Å². The molecule has 1 aliphatic rings. The van der Waals surface area contributed by atoms with Gasteiger partial charge in [-0.3, -0.25) is 19.3 Å². The first-order valence-corrected chi connectivity index (χ1v) is 7.97. The van der Waals surface area contributed by atoms with Crippen LogP contribution in [0.2, 0.25) is 0 Å². The molecule has 4 amide bonds. The number of carbonyl (C=O) groups excluding carboxylic acids is 4. The second-order valence-electron chi connectivity index (χ2n) is 6.17. The van der Waals surface area contributed by atoms with Crippen LogP contribution in [0.5, 0.6) is 5.75 Å². The Kier molecular flexibility index (Phi) is 5.81. The van der Waals surface area contributed by atoms with Crippen LogP contribution < -0.4 is 15.4 Å². The van der Waals surface area contributed by atoms with Crippen molar-refractivity contribution in [2.75, 3.05) is 25.6 Å². The zero-order valence-corrected chi connectivity index (χ0v) is 14.8. The number of benzene rings is 1. The van der Waals surface area contributed by atoms with E-state index in [0.29, 0.717) is 11.4 Å². The van der Waals surface area contributed by atoms with E-state index < -0.39 is 36.0 Å². The van der Waals surface area contributed by atoms with Crippen LogP contribution in [-0.2, 0) is 19.1 Å². The lowest BCUT2D eigenvalue weighted by molar-refractivity contribution is -0.147. The third-order valence-corrected chi connectivity index (χ3v) is 3.73. The van der Waals surface area contributed by atoms with Gasteiger partial charge in [-0.1, -0.05) is 12.1 Å². The summed E-state index contributed by atoms with van der Waals surface area (Å²) >= 11 is 0. The number of esters is 1. The highest BCUT2D eigenvalue weighted by atomic mass is 16.5. The Bertz CT molecular complexity index is 731. The molecule has 9 nitrogen and oxygen atoms in total. The molecule has 26 heavy (non-hydrogen) atoms. The van der Waals surface area contributed by atoms with Crippen LogP contribution in [0.1, 0.15) is 20.3 Å². The molecule has 2 N–H and O–H groups in total. The van der Waals surface area contributed by atoms with Crippen LogP contribution in [-0.4, -0.2) is 54.5 Å². The highest BCUT2D eigenvalue weighted by Gasteiger charge is 2.44. The Morgan fingerprint density at radius 3 is 2.54 bits per heavy atom. The number of hydrogen-bond acceptors (Lipinski definition) is 6. The molecule has 0 saturated carbocycles. The normalized spacial score (nSPS) is 15.4. The number of nitrogens with one attached hydrogen (secondary N) is 2. The maximum absolute atomic E-state index is 12.0. The Morgan fingerprint density at radius 1 is 1.23 bits per heavy atom. The molecule has 0 aliphatic carbocycles. The van der Waals surface area contributed by atoms with Gasteiger partial charge in [0.1, 0.15) is 11.3 Å². The molecule has 0 radical (unpaired) electrons. The van der Waals surface area contributed by atoms with E-state index >= 15 is 0 Å². The first-order chi connectivity index (χ1) is 12.2. The minimum absolute atomic E-state index is 0.110. The fourth-order valence-corrected chi connectivity index (χ4v) is 2.38. The van der Waals surface area contributed by atoms with Gasteiger partial charge in [0, 0.05) is 6.54 Å². The number of hydrogen-bond donors (Lipinski definition) is 2. The lowest BCUT2D eigenvalue weighted by Gasteiger charge is -2.15. The van der Waals surface area contributed by atoms with E-state index in [9.17, 15) is 19.2 Å². The van der Waals surface area contributed by atoms with Crippen molar-refractivity contribution in [1.29, 1.82) is 0 Å². The predicted octanol–water partition coefficient (Wildman–Crippen LogP) is 0.897. The fraction of sp³-hybridized carbons (Fsp3) is 0.412. The maximum Gasteiger partial charge on any atom is 0.325 e. The number of ether oxygens (including phenoxy) is 2. The molecule has 1 saturated heterocycles. The number of carbonyl (C=O) groups is 4. The van der Waals surface area contributed by atoms with Crippen molar-refractivity contribution in [3.8, 4) is 5.75 Å². The van der Waals surface area contributed by atoms with Gasteiger partial charge < -0.3 is 20.1 Å². The zero-order chi connectivity index (χ0) is 19.3. The summed E-state index contributed by atoms with van der Waals surface area (Å²) in [6.45, 7) is 2.56. The summed E-state index contributed by atoms with van der Waals surface area (Å²) in [7, 11) is 1.47. The van der Waals surface area contributed by atoms with E-state index in [1.807, 2.05) is 0 Å². The summed E-state index contributed by atoms with van der Waals surface area (Å²) < 4.78 is 9.98. The predicted molar refractivity (Wildman–Crippen MR) is 91.5 cm³/mol. The smallest absolute Gasteiger partial charge is 0.325 e. The SMILES string of the molecule is COc1ccccc1NC(=O)COC(=O)CCN1C(=O)NC(C)(C)C1=O. The first-order valence-electron chi connectivity index (χ1n) is 7.97. The molecule has 1 fully saturated rings. The number of nitrogens with zero attached hydrogens (tertiary/aromatic N) is 1. The van der Waals surface area contributed by atoms with Crippen molar-refractivity contribution in [2.45, 2.75) is 25.8 Å². The number of rotatable bonds is 7. The summed E-state index contributed by atoms with van der Waals surface area (Å²) in [5.74, 6) is -1.15. The van der Waals surface area contributed by atoms with Gasteiger partial charge in [-0.25, -0.2) is 4.79 Å². The summed E-state index contributed by atoms with van der Waals surface area (Å²) in [6, 6.07) is 6.26. The minimum Gasteiger partial charge on any atom is -0.495 e. The van der Waals surface area contributed by atoms with Crippen molar-refractivity contribution in [3.05, 3.63) is 24.3 Å². The molecule has 9 heteroatoms. The number of anilines is 1. The van der Waals surface area contributed by atoms with Crippen molar-refractivity contribution < 1.29 is 28.7 Å². The van der Waals surface area contributed by atoms with Crippen LogP contribution in [0.3, 0.4) is 0 Å². The highest BCUT2D eigenvalue weighted by Crippen LogP contribution is 2.22. The summed E-state index contributed by atoms with van der Waals surface area (Å²) in [6.07, 6.45) is -0.197. The lowest BCUT2D eigenvalue weighted by atomic mass is 10.1. The van der Waals surface area contributed by atoms with E-state index in [2.05, 4.69) is 10.6 Å². The molecule has 0 aromatic heterocycles. The first kappa shape index (κ1) is 19.2. The zero-order valence-electron chi connectivity index (χ0n) is 14.8. The number of amides is 4. The van der Waals surface area contributed by atoms with Crippen molar-refractivity contribution in [2.24, 2.45) is 0 Å². The van der Waals surface area contributed by atoms with Crippen molar-refractivity contribution >= 4 is 29.5 Å². The molecule has 0 bridgehead atoms. The van der Waals surface area contributed by atoms with Crippen molar-refractivity contribution in [3.63, 3.8) is 0 Å². The summed E-state index contributed by atoms with van der Waals surface area (Å²) in [4.78, 5) is 48.3. The fourth-order valence-electron chi connectivity index (χ4n) is 2.38. The second-order valence-corrected chi connectivity index (χ2v) is 6.17. The van der Waals surface area contributed by atoms with Gasteiger partial charge in [0.25, 0.3) is 11.8 Å². The molecule has 0 unspecified atom stereocenters. The molecule has 1 heterocycles. The molecule has 140 valence electrons. The number of urea groups is 1. The van der Waals surface area contributed by atoms with E-state index in [1.165, 1.54) is 7.11 Å². The molecule has 0 spiro atoms. The molecule has 2 rings (SSSR count). The van der Waals surface area contributed by atoms with Crippen LogP contribution >= 0.6 is 0 Å². The molecule has 1 aliphatic heterocycles. The molecular weight excluding hydrogens is 342 g/mol. The van der Waals surface area contributed by atoms with Gasteiger partial charge in [-0.2, -0.15) is 0 Å². The average Bonchev–Trinajstić information content (AvgIpc) is 2.79. The largest absolute Gasteiger partial charge is 0.495 e. The van der Waals surface area contributed by atoms with Gasteiger partial charge in [-0.15, -0.1) is 0 Å². The Morgan fingerprint density at radius 2 is 1.92 bits per heavy atom. The standard InChI is InChI=1S/C17H21N3O6/c1-17(2)15(23)20(16(24)19-17)9-8-14(22)26-10-13(21)18-11-6-4-5-7-12(11)25-3/h4-7H,8-10H2,1-3H3,(H,18,21)(H,19,24).